The molecule has 1 rings (SSSR count). The standard InChI is InChI=1S/C7H6B4O4/c8-5(9)1-2-6(10,11)7(5,3(12)13)4(14)15/h1-2H2,(H,12,13)(H,14,15). The molecule has 15 heavy (non-hydrogen) atoms. The molecule has 0 spiro atoms. The first-order valence-corrected chi connectivity index (χ1v) is 4.22. The Morgan fingerprint density at radius 3 is 1.27 bits per heavy atom. The van der Waals surface area contributed by atoms with Gasteiger partial charge in [-0.15, -0.1) is 0 Å². The van der Waals surface area contributed by atoms with E-state index in [9.17, 15) is 9.59 Å². The van der Waals surface area contributed by atoms with E-state index in [1.807, 2.05) is 0 Å². The van der Waals surface area contributed by atoms with E-state index in [0.29, 0.717) is 0 Å². The Labute approximate surface area is 92.4 Å². The lowest BCUT2D eigenvalue weighted by molar-refractivity contribution is -0.165. The summed E-state index contributed by atoms with van der Waals surface area (Å²) in [4.78, 5) is 22.2. The molecule has 1 saturated carbocycles. The van der Waals surface area contributed by atoms with Crippen LogP contribution in [0.25, 0.3) is 0 Å². The third-order valence-corrected chi connectivity index (χ3v) is 2.99. The van der Waals surface area contributed by atoms with Gasteiger partial charge in [-0.25, -0.2) is 0 Å². The lowest BCUT2D eigenvalue weighted by atomic mass is 9.33. The van der Waals surface area contributed by atoms with E-state index < -0.39 is 27.8 Å². The van der Waals surface area contributed by atoms with Gasteiger partial charge in [0.25, 0.3) is 0 Å². The van der Waals surface area contributed by atoms with Crippen molar-refractivity contribution in [2.45, 2.75) is 23.3 Å². The van der Waals surface area contributed by atoms with Gasteiger partial charge in [0, 0.05) is 0 Å². The minimum atomic E-state index is -2.57. The Hall–Kier alpha value is -0.800. The summed E-state index contributed by atoms with van der Waals surface area (Å²) in [6.07, 6.45) is -0.142. The van der Waals surface area contributed by atoms with Gasteiger partial charge in [-0.3, -0.25) is 9.59 Å². The first-order valence-electron chi connectivity index (χ1n) is 4.22. The minimum absolute atomic E-state index is 0.0708. The summed E-state index contributed by atoms with van der Waals surface area (Å²) in [6, 6.07) is 0. The van der Waals surface area contributed by atoms with Gasteiger partial charge >= 0.3 is 11.9 Å². The molecule has 0 unspecified atom stereocenters. The summed E-state index contributed by atoms with van der Waals surface area (Å²) in [5.74, 6) is -3.44. The van der Waals surface area contributed by atoms with E-state index in [-0.39, 0.29) is 12.8 Å². The Kier molecular flexibility index (Phi) is 2.53. The van der Waals surface area contributed by atoms with E-state index in [2.05, 4.69) is 0 Å². The largest absolute Gasteiger partial charge is 0.480 e. The van der Waals surface area contributed by atoms with Gasteiger partial charge in [-0.1, -0.05) is 23.3 Å². The van der Waals surface area contributed by atoms with Crippen LogP contribution in [0.1, 0.15) is 12.8 Å². The van der Waals surface area contributed by atoms with E-state index in [4.69, 9.17) is 41.6 Å². The fraction of sp³-hybridized carbons (Fsp3) is 0.714. The Morgan fingerprint density at radius 2 is 1.13 bits per heavy atom. The number of carboxylic acid groups (broad SMARTS) is 2. The molecule has 0 aromatic heterocycles. The number of carboxylic acids is 2. The second-order valence-corrected chi connectivity index (χ2v) is 3.94. The number of hydrogen-bond acceptors (Lipinski definition) is 2. The van der Waals surface area contributed by atoms with Crippen LogP contribution in [-0.4, -0.2) is 53.5 Å². The molecule has 1 aliphatic rings. The van der Waals surface area contributed by atoms with Crippen molar-refractivity contribution in [3.63, 3.8) is 0 Å². The molecule has 4 nitrogen and oxygen atoms in total. The van der Waals surface area contributed by atoms with Gasteiger partial charge in [0.1, 0.15) is 5.41 Å². The summed E-state index contributed by atoms with van der Waals surface area (Å²) in [5.41, 5.74) is -2.57. The number of rotatable bonds is 2. The molecular formula is C7H6B4O4. The predicted octanol–water partition coefficient (Wildman–Crippen LogP) is -1.16. The zero-order chi connectivity index (χ0) is 12.1. The number of carbonyl (C=O) groups is 2. The summed E-state index contributed by atoms with van der Waals surface area (Å²) >= 11 is 0. The monoisotopic (exact) mass is 198 g/mol. The lowest BCUT2D eigenvalue weighted by Crippen LogP contribution is -2.53. The van der Waals surface area contributed by atoms with Gasteiger partial charge in [-0.2, -0.15) is 0 Å². The third kappa shape index (κ3) is 1.26. The quantitative estimate of drug-likeness (QED) is 0.433. The van der Waals surface area contributed by atoms with Crippen LogP contribution in [0.3, 0.4) is 0 Å². The zero-order valence-corrected chi connectivity index (χ0v) is 7.93. The average Bonchev–Trinajstić information content (AvgIpc) is 2.17. The highest BCUT2D eigenvalue weighted by Crippen LogP contribution is 2.65. The zero-order valence-electron chi connectivity index (χ0n) is 7.93. The normalized spacial score (nSPS) is 25.9. The van der Waals surface area contributed by atoms with Gasteiger partial charge in [0.15, 0.2) is 0 Å². The molecular weight excluding hydrogens is 191 g/mol. The maximum atomic E-state index is 11.1. The molecule has 2 N–H and O–H groups in total. The Balaban J connectivity index is 3.48. The molecule has 0 aromatic rings. The van der Waals surface area contributed by atoms with Crippen molar-refractivity contribution in [2.24, 2.45) is 5.41 Å². The van der Waals surface area contributed by atoms with Crippen molar-refractivity contribution < 1.29 is 19.8 Å². The maximum absolute atomic E-state index is 11.1. The highest BCUT2D eigenvalue weighted by molar-refractivity contribution is 6.51. The van der Waals surface area contributed by atoms with Crippen LogP contribution >= 0.6 is 0 Å². The van der Waals surface area contributed by atoms with E-state index in [0.717, 1.165) is 0 Å². The van der Waals surface area contributed by atoms with E-state index in [1.165, 1.54) is 0 Å². The second-order valence-electron chi connectivity index (χ2n) is 3.94. The van der Waals surface area contributed by atoms with Crippen LogP contribution in [0, 0.1) is 5.41 Å². The van der Waals surface area contributed by atoms with Crippen molar-refractivity contribution in [1.29, 1.82) is 0 Å². The molecule has 8 radical (unpaired) electrons. The Bertz CT molecular complexity index is 293. The molecule has 0 amide bonds. The molecule has 0 bridgehead atoms. The van der Waals surface area contributed by atoms with Crippen molar-refractivity contribution in [1.82, 2.24) is 0 Å². The Morgan fingerprint density at radius 1 is 0.867 bits per heavy atom. The van der Waals surface area contributed by atoms with Crippen molar-refractivity contribution in [3.8, 4) is 0 Å². The van der Waals surface area contributed by atoms with Crippen molar-refractivity contribution in [3.05, 3.63) is 0 Å². The maximum Gasteiger partial charge on any atom is 0.319 e. The van der Waals surface area contributed by atoms with Crippen LogP contribution in [0.2, 0.25) is 10.4 Å². The van der Waals surface area contributed by atoms with Crippen LogP contribution < -0.4 is 0 Å². The highest BCUT2D eigenvalue weighted by Gasteiger charge is 2.67. The lowest BCUT2D eigenvalue weighted by Gasteiger charge is -2.43. The van der Waals surface area contributed by atoms with Gasteiger partial charge in [-0.05, 0) is 0 Å². The van der Waals surface area contributed by atoms with Crippen LogP contribution in [0.15, 0.2) is 0 Å². The van der Waals surface area contributed by atoms with E-state index >= 15 is 0 Å². The molecule has 1 aliphatic carbocycles. The summed E-state index contributed by atoms with van der Waals surface area (Å²) in [6.45, 7) is 0. The first kappa shape index (κ1) is 12.3. The van der Waals surface area contributed by atoms with E-state index in [1.54, 1.807) is 0 Å². The van der Waals surface area contributed by atoms with Crippen LogP contribution in [0.5, 0.6) is 0 Å². The van der Waals surface area contributed by atoms with Gasteiger partial charge in [0.05, 0.1) is 31.4 Å². The molecule has 8 heteroatoms. The molecule has 1 fully saturated rings. The topological polar surface area (TPSA) is 74.6 Å². The summed E-state index contributed by atoms with van der Waals surface area (Å²) < 4.78 is 0. The summed E-state index contributed by atoms with van der Waals surface area (Å²) in [7, 11) is 22.0. The van der Waals surface area contributed by atoms with Crippen molar-refractivity contribution >= 4 is 43.3 Å². The van der Waals surface area contributed by atoms with Gasteiger partial charge < -0.3 is 10.2 Å². The molecule has 0 saturated heterocycles. The molecule has 0 atom stereocenters. The fourth-order valence-electron chi connectivity index (χ4n) is 2.11. The predicted molar refractivity (Wildman–Crippen MR) is 55.3 cm³/mol. The van der Waals surface area contributed by atoms with Crippen LogP contribution in [-0.2, 0) is 9.59 Å². The molecule has 70 valence electrons. The first-order chi connectivity index (χ1) is 6.59. The smallest absolute Gasteiger partial charge is 0.319 e. The SMILES string of the molecule is [B]C1([B])CCC([B])([B])C1(C(=O)O)C(=O)O. The molecule has 0 aromatic carbocycles. The third-order valence-electron chi connectivity index (χ3n) is 2.99. The molecule has 0 aliphatic heterocycles. The van der Waals surface area contributed by atoms with Gasteiger partial charge in [0.2, 0.25) is 0 Å². The number of hydrogen-bond donors (Lipinski definition) is 2. The number of aliphatic carboxylic acids is 2. The minimum Gasteiger partial charge on any atom is -0.480 e. The second kappa shape index (κ2) is 3.09. The highest BCUT2D eigenvalue weighted by atomic mass is 16.4. The molecule has 0 heterocycles. The average molecular weight is 197 g/mol. The summed E-state index contributed by atoms with van der Waals surface area (Å²) in [5, 5.41) is 14.1. The van der Waals surface area contributed by atoms with Crippen LogP contribution in [0.4, 0.5) is 0 Å². The fourth-order valence-corrected chi connectivity index (χ4v) is 2.11. The van der Waals surface area contributed by atoms with Crippen molar-refractivity contribution in [2.75, 3.05) is 0 Å².